The molecule has 2 atom stereocenters. The molecule has 34 heavy (non-hydrogen) atoms. The summed E-state index contributed by atoms with van der Waals surface area (Å²) >= 11 is 11.7. The van der Waals surface area contributed by atoms with Gasteiger partial charge in [0, 0.05) is 22.3 Å². The zero-order chi connectivity index (χ0) is 21.7. The van der Waals surface area contributed by atoms with Crippen LogP contribution < -0.4 is 6.15 Å². The smallest absolute Gasteiger partial charge is 0.355 e. The molecule has 0 saturated carbocycles. The summed E-state index contributed by atoms with van der Waals surface area (Å²) in [6, 6.07) is 0.0323. The molecule has 0 spiro atoms. The average molecular weight is 591 g/mol. The number of alkyl halides is 1. The lowest BCUT2D eigenvalue weighted by molar-refractivity contribution is 0.0680. The molecule has 0 fully saturated rings. The predicted molar refractivity (Wildman–Crippen MR) is 150 cm³/mol. The van der Waals surface area contributed by atoms with Crippen molar-refractivity contribution in [3.8, 4) is 0 Å². The van der Waals surface area contributed by atoms with Crippen LogP contribution in [0.4, 0.5) is 0 Å². The minimum absolute atomic E-state index is 0. The van der Waals surface area contributed by atoms with Crippen LogP contribution in [0, 0.1) is 0 Å². The molecule has 192 valence electrons. The summed E-state index contributed by atoms with van der Waals surface area (Å²) in [5, 5.41) is 24.2. The van der Waals surface area contributed by atoms with E-state index in [0.717, 1.165) is 38.0 Å². The molecular formula is C19H29Cl2N5O4S4. The molecule has 2 aliphatic heterocycles. The van der Waals surface area contributed by atoms with Gasteiger partial charge in [0.2, 0.25) is 0 Å². The number of aromatic carboxylic acids is 2. The van der Waals surface area contributed by atoms with Gasteiger partial charge in [-0.05, 0) is 6.42 Å². The largest absolute Gasteiger partial charge is 0.476 e. The van der Waals surface area contributed by atoms with E-state index in [-0.39, 0.29) is 56.9 Å². The number of carboxylic acids is 2. The average Bonchev–Trinajstić information content (AvgIpc) is 3.53. The van der Waals surface area contributed by atoms with E-state index in [2.05, 4.69) is 26.9 Å². The van der Waals surface area contributed by atoms with Crippen LogP contribution in [-0.4, -0.2) is 59.6 Å². The summed E-state index contributed by atoms with van der Waals surface area (Å²) in [4.78, 5) is 38.2. The zero-order valence-corrected chi connectivity index (χ0v) is 21.6. The molecule has 0 saturated heterocycles. The van der Waals surface area contributed by atoms with E-state index >= 15 is 0 Å². The van der Waals surface area contributed by atoms with E-state index in [1.165, 1.54) is 28.1 Å². The maximum atomic E-state index is 10.7. The van der Waals surface area contributed by atoms with Gasteiger partial charge in [-0.3, -0.25) is 9.98 Å². The summed E-state index contributed by atoms with van der Waals surface area (Å²) in [6.45, 7) is 2.07. The molecule has 0 aliphatic carbocycles. The number of thiazole rings is 2. The van der Waals surface area contributed by atoms with Gasteiger partial charge in [-0.2, -0.15) is 0 Å². The molecular weight excluding hydrogens is 561 g/mol. The first-order valence-electron chi connectivity index (χ1n) is 8.73. The number of hydrogen-bond donors (Lipinski definition) is 3. The molecule has 4 heterocycles. The van der Waals surface area contributed by atoms with E-state index in [0.29, 0.717) is 5.88 Å². The van der Waals surface area contributed by atoms with Crippen molar-refractivity contribution in [2.75, 3.05) is 17.4 Å². The number of rotatable bonds is 6. The third-order valence-electron chi connectivity index (χ3n) is 3.88. The van der Waals surface area contributed by atoms with Gasteiger partial charge in [-0.1, -0.05) is 21.8 Å². The highest BCUT2D eigenvalue weighted by atomic mass is 35.5. The second-order valence-electron chi connectivity index (χ2n) is 5.94. The van der Waals surface area contributed by atoms with Crippen molar-refractivity contribution < 1.29 is 19.8 Å². The van der Waals surface area contributed by atoms with Crippen LogP contribution in [0.15, 0.2) is 20.7 Å². The number of carboxylic acid groups (broad SMARTS) is 2. The van der Waals surface area contributed by atoms with Gasteiger partial charge >= 0.3 is 11.9 Å². The number of hydrogen-bond acceptors (Lipinski definition) is 11. The second kappa shape index (κ2) is 16.5. The van der Waals surface area contributed by atoms with Crippen LogP contribution in [0.1, 0.15) is 71.3 Å². The van der Waals surface area contributed by atoms with Crippen LogP contribution in [0.2, 0.25) is 0 Å². The molecule has 0 amide bonds. The summed E-state index contributed by atoms with van der Waals surface area (Å²) in [5.41, 5.74) is 0.217. The molecule has 2 aromatic rings. The van der Waals surface area contributed by atoms with Crippen LogP contribution in [0.3, 0.4) is 0 Å². The van der Waals surface area contributed by atoms with Crippen LogP contribution in [0.5, 0.6) is 0 Å². The highest BCUT2D eigenvalue weighted by molar-refractivity contribution is 8.14. The minimum atomic E-state index is -0.996. The van der Waals surface area contributed by atoms with Crippen molar-refractivity contribution in [2.45, 2.75) is 40.3 Å². The lowest BCUT2D eigenvalue weighted by Gasteiger charge is -1.98. The highest BCUT2D eigenvalue weighted by Gasteiger charge is 2.24. The Kier molecular flexibility index (Phi) is 16.9. The molecule has 4 rings (SSSR count). The molecule has 5 N–H and O–H groups in total. The van der Waals surface area contributed by atoms with Crippen molar-refractivity contribution in [3.63, 3.8) is 0 Å². The van der Waals surface area contributed by atoms with E-state index < -0.39 is 11.9 Å². The fraction of sp³-hybridized carbons (Fsp3) is 0.474. The standard InChI is InChI=1S/C9H10N2O2S2.C8H7ClN2O2S2.2CH4.ClH.H3N/c1-2-7-10-5(3-14-7)8-11-6(4-15-8)9(12)13;9-1-6-10-4(2-14-6)7-11-5(3-15-7)8(12)13;;;;/h4-5H,2-3H2,1H3,(H,12,13);3-4H,1-2H2,(H,12,13);2*1H4;1H;1H3/t5-;4-;;;;/m00..../s1. The van der Waals surface area contributed by atoms with Crippen molar-refractivity contribution in [1.82, 2.24) is 16.1 Å². The number of carbonyl (C=O) groups is 2. The lowest BCUT2D eigenvalue weighted by Crippen LogP contribution is -1.99. The summed E-state index contributed by atoms with van der Waals surface area (Å²) in [5.74, 6) is 0.135. The molecule has 0 aromatic carbocycles. The van der Waals surface area contributed by atoms with Gasteiger partial charge in [-0.15, -0.1) is 70.2 Å². The van der Waals surface area contributed by atoms with Gasteiger partial charge in [0.25, 0.3) is 0 Å². The summed E-state index contributed by atoms with van der Waals surface area (Å²) in [6.07, 6.45) is 0.943. The maximum Gasteiger partial charge on any atom is 0.355 e. The third-order valence-corrected chi connectivity index (χ3v) is 8.46. The molecule has 0 radical (unpaired) electrons. The number of aromatic nitrogens is 2. The SMILES string of the molecule is C.C.CCC1=N[C@H](c2nc(C(=O)O)cs2)CS1.Cl.N.O=C(O)c1csc([C@@H]2CSC(CCl)=N2)n1. The number of nitrogens with zero attached hydrogens (tertiary/aromatic N) is 4. The molecule has 9 nitrogen and oxygen atoms in total. The normalized spacial score (nSPS) is 17.9. The van der Waals surface area contributed by atoms with Gasteiger partial charge in [0.15, 0.2) is 11.4 Å². The van der Waals surface area contributed by atoms with Gasteiger partial charge in [0.05, 0.1) is 16.0 Å². The van der Waals surface area contributed by atoms with Gasteiger partial charge in [0.1, 0.15) is 22.1 Å². The Morgan fingerprint density at radius 1 is 0.941 bits per heavy atom. The minimum Gasteiger partial charge on any atom is -0.476 e. The quantitative estimate of drug-likeness (QED) is 0.317. The highest BCUT2D eigenvalue weighted by Crippen LogP contribution is 2.33. The van der Waals surface area contributed by atoms with Crippen molar-refractivity contribution in [1.29, 1.82) is 0 Å². The first-order chi connectivity index (χ1) is 14.4. The molecule has 2 aromatic heterocycles. The first kappa shape index (κ1) is 34.9. The monoisotopic (exact) mass is 589 g/mol. The Labute approximate surface area is 226 Å². The maximum absolute atomic E-state index is 10.7. The Morgan fingerprint density at radius 3 is 1.65 bits per heavy atom. The van der Waals surface area contributed by atoms with Crippen molar-refractivity contribution >= 4 is 92.2 Å². The van der Waals surface area contributed by atoms with Gasteiger partial charge < -0.3 is 16.4 Å². The number of halogens is 2. The van der Waals surface area contributed by atoms with Crippen molar-refractivity contribution in [3.05, 3.63) is 32.2 Å². The second-order valence-corrected chi connectivity index (χ2v) is 10.2. The van der Waals surface area contributed by atoms with Crippen molar-refractivity contribution in [2.24, 2.45) is 9.98 Å². The van der Waals surface area contributed by atoms with E-state index in [1.54, 1.807) is 28.9 Å². The fourth-order valence-electron chi connectivity index (χ4n) is 2.44. The molecule has 2 aliphatic rings. The van der Waals surface area contributed by atoms with E-state index in [1.807, 2.05) is 0 Å². The first-order valence-corrected chi connectivity index (χ1v) is 13.0. The zero-order valence-electron chi connectivity index (χ0n) is 16.8. The molecule has 0 unspecified atom stereocenters. The summed E-state index contributed by atoms with van der Waals surface area (Å²) in [7, 11) is 0. The Bertz CT molecular complexity index is 921. The topological polar surface area (TPSA) is 160 Å². The molecule has 15 heteroatoms. The van der Waals surface area contributed by atoms with Crippen LogP contribution >= 0.6 is 70.2 Å². The van der Waals surface area contributed by atoms with Crippen LogP contribution in [0.25, 0.3) is 0 Å². The number of thioether (sulfide) groups is 2. The lowest BCUT2D eigenvalue weighted by atomic mass is 10.3. The Hall–Kier alpha value is -1.22. The molecule has 0 bridgehead atoms. The Morgan fingerprint density at radius 2 is 1.35 bits per heavy atom. The van der Waals surface area contributed by atoms with E-state index in [4.69, 9.17) is 21.8 Å². The Balaban J connectivity index is 0. The third kappa shape index (κ3) is 9.10. The summed E-state index contributed by atoms with van der Waals surface area (Å²) < 4.78 is 0. The van der Waals surface area contributed by atoms with Gasteiger partial charge in [-0.25, -0.2) is 19.6 Å². The van der Waals surface area contributed by atoms with Crippen LogP contribution in [-0.2, 0) is 0 Å². The number of aliphatic imine (C=N–C) groups is 2. The van der Waals surface area contributed by atoms with E-state index in [9.17, 15) is 9.59 Å². The predicted octanol–water partition coefficient (Wildman–Crippen LogP) is 6.56. The fourth-order valence-corrected chi connectivity index (χ4v) is 6.47.